The summed E-state index contributed by atoms with van der Waals surface area (Å²) in [5.74, 6) is -2.32. The van der Waals surface area contributed by atoms with Crippen LogP contribution in [-0.2, 0) is 16.1 Å². The Morgan fingerprint density at radius 3 is 2.61 bits per heavy atom. The van der Waals surface area contributed by atoms with Crippen LogP contribution >= 0.6 is 0 Å². The maximum Gasteiger partial charge on any atom is 0.328 e. The van der Waals surface area contributed by atoms with Crippen LogP contribution in [0.25, 0.3) is 17.2 Å². The highest BCUT2D eigenvalue weighted by Gasteiger charge is 2.17. The van der Waals surface area contributed by atoms with Gasteiger partial charge in [0.2, 0.25) is 0 Å². The fraction of sp³-hybridized carbons (Fsp3) is 0.294. The Kier molecular flexibility index (Phi) is 4.63. The first-order chi connectivity index (χ1) is 10.7. The van der Waals surface area contributed by atoms with Gasteiger partial charge in [0, 0.05) is 11.8 Å². The second-order valence-corrected chi connectivity index (χ2v) is 6.07. The molecule has 0 bridgehead atoms. The highest BCUT2D eigenvalue weighted by Crippen LogP contribution is 2.26. The zero-order valence-corrected chi connectivity index (χ0v) is 13.3. The van der Waals surface area contributed by atoms with E-state index in [-0.39, 0.29) is 6.54 Å². The van der Waals surface area contributed by atoms with Gasteiger partial charge < -0.3 is 4.74 Å². The number of hydrogen-bond donors (Lipinski definition) is 0. The summed E-state index contributed by atoms with van der Waals surface area (Å²) >= 11 is 0. The third-order valence-corrected chi connectivity index (χ3v) is 2.97. The van der Waals surface area contributed by atoms with E-state index in [2.05, 4.69) is 11.7 Å². The molecule has 0 saturated heterocycles. The van der Waals surface area contributed by atoms with Gasteiger partial charge in [0.15, 0.2) is 11.6 Å². The average Bonchev–Trinajstić information content (AvgIpc) is 2.87. The van der Waals surface area contributed by atoms with Crippen molar-refractivity contribution in [2.75, 3.05) is 0 Å². The zero-order chi connectivity index (χ0) is 17.2. The van der Waals surface area contributed by atoms with Gasteiger partial charge in [-0.15, -0.1) is 0 Å². The summed E-state index contributed by atoms with van der Waals surface area (Å²) in [7, 11) is 0. The van der Waals surface area contributed by atoms with Gasteiger partial charge in [-0.1, -0.05) is 12.7 Å². The van der Waals surface area contributed by atoms with E-state index in [0.717, 1.165) is 12.1 Å². The highest BCUT2D eigenvalue weighted by molar-refractivity contribution is 5.74. The van der Waals surface area contributed by atoms with Crippen molar-refractivity contribution in [3.05, 3.63) is 48.3 Å². The van der Waals surface area contributed by atoms with Gasteiger partial charge >= 0.3 is 5.97 Å². The molecule has 1 heterocycles. The van der Waals surface area contributed by atoms with E-state index in [0.29, 0.717) is 16.7 Å². The van der Waals surface area contributed by atoms with Crippen molar-refractivity contribution in [1.29, 1.82) is 0 Å². The molecular formula is C17H18F2N2O2. The molecule has 23 heavy (non-hydrogen) atoms. The summed E-state index contributed by atoms with van der Waals surface area (Å²) in [5.41, 5.74) is 0.876. The fourth-order valence-corrected chi connectivity index (χ4v) is 2.08. The molecule has 1 aromatic heterocycles. The summed E-state index contributed by atoms with van der Waals surface area (Å²) in [5, 5.41) is 4.06. The lowest BCUT2D eigenvalue weighted by Gasteiger charge is -2.19. The number of benzene rings is 1. The summed E-state index contributed by atoms with van der Waals surface area (Å²) < 4.78 is 33.4. The number of hydrogen-bond acceptors (Lipinski definition) is 3. The van der Waals surface area contributed by atoms with Crippen LogP contribution in [0, 0.1) is 11.6 Å². The van der Waals surface area contributed by atoms with Crippen LogP contribution in [0.1, 0.15) is 26.3 Å². The van der Waals surface area contributed by atoms with Crippen molar-refractivity contribution in [2.24, 2.45) is 0 Å². The first-order valence-corrected chi connectivity index (χ1v) is 7.06. The van der Waals surface area contributed by atoms with Crippen molar-refractivity contribution in [2.45, 2.75) is 32.9 Å². The molecule has 0 aliphatic heterocycles. The number of rotatable bonds is 4. The van der Waals surface area contributed by atoms with Crippen molar-refractivity contribution >= 4 is 12.0 Å². The molecule has 0 amide bonds. The van der Waals surface area contributed by atoms with Gasteiger partial charge in [-0.3, -0.25) is 9.48 Å². The highest BCUT2D eigenvalue weighted by atomic mass is 19.2. The SMILES string of the molecule is C=Cc1cc(F)c(F)cc1-c1cnn(CC(=O)OC(C)(C)C)c1. The Hall–Kier alpha value is -2.50. The smallest absolute Gasteiger partial charge is 0.328 e. The molecule has 0 aliphatic carbocycles. The number of ether oxygens (including phenoxy) is 1. The Balaban J connectivity index is 2.24. The van der Waals surface area contributed by atoms with Crippen molar-refractivity contribution in [1.82, 2.24) is 9.78 Å². The van der Waals surface area contributed by atoms with Crippen molar-refractivity contribution in [3.8, 4) is 11.1 Å². The van der Waals surface area contributed by atoms with Crippen LogP contribution in [0.5, 0.6) is 0 Å². The second-order valence-electron chi connectivity index (χ2n) is 6.07. The van der Waals surface area contributed by atoms with Crippen LogP contribution in [0.4, 0.5) is 8.78 Å². The van der Waals surface area contributed by atoms with Gasteiger partial charge in [0.1, 0.15) is 12.1 Å². The Morgan fingerprint density at radius 1 is 1.35 bits per heavy atom. The molecule has 1 aromatic carbocycles. The number of nitrogens with zero attached hydrogens (tertiary/aromatic N) is 2. The summed E-state index contributed by atoms with van der Waals surface area (Å²) in [6.07, 6.45) is 4.48. The third kappa shape index (κ3) is 4.25. The molecule has 0 atom stereocenters. The van der Waals surface area contributed by atoms with Crippen LogP contribution in [-0.4, -0.2) is 21.4 Å². The zero-order valence-electron chi connectivity index (χ0n) is 13.3. The van der Waals surface area contributed by atoms with Crippen molar-refractivity contribution < 1.29 is 18.3 Å². The Morgan fingerprint density at radius 2 is 2.00 bits per heavy atom. The first-order valence-electron chi connectivity index (χ1n) is 7.06. The summed E-state index contributed by atoms with van der Waals surface area (Å²) in [4.78, 5) is 11.8. The maximum atomic E-state index is 13.5. The molecule has 0 aliphatic rings. The van der Waals surface area contributed by atoms with Crippen molar-refractivity contribution in [3.63, 3.8) is 0 Å². The molecule has 2 rings (SSSR count). The minimum Gasteiger partial charge on any atom is -0.459 e. The number of aromatic nitrogens is 2. The monoisotopic (exact) mass is 320 g/mol. The van der Waals surface area contributed by atoms with Crippen LogP contribution in [0.15, 0.2) is 31.1 Å². The van der Waals surface area contributed by atoms with E-state index in [4.69, 9.17) is 4.74 Å². The van der Waals surface area contributed by atoms with E-state index in [1.807, 2.05) is 0 Å². The van der Waals surface area contributed by atoms with Gasteiger partial charge in [0.25, 0.3) is 0 Å². The maximum absolute atomic E-state index is 13.5. The lowest BCUT2D eigenvalue weighted by molar-refractivity contribution is -0.155. The third-order valence-electron chi connectivity index (χ3n) is 2.97. The van der Waals surface area contributed by atoms with Gasteiger partial charge in [-0.25, -0.2) is 8.78 Å². The topological polar surface area (TPSA) is 44.1 Å². The molecule has 6 heteroatoms. The molecular weight excluding hydrogens is 302 g/mol. The second kappa shape index (κ2) is 6.32. The lowest BCUT2D eigenvalue weighted by atomic mass is 10.0. The first kappa shape index (κ1) is 16.9. The summed E-state index contributed by atoms with van der Waals surface area (Å²) in [6, 6.07) is 2.16. The molecule has 0 N–H and O–H groups in total. The standard InChI is InChI=1S/C17H18F2N2O2/c1-5-11-6-14(18)15(19)7-13(11)12-8-20-21(9-12)10-16(22)23-17(2,3)4/h5-9H,1,10H2,2-4H3. The largest absolute Gasteiger partial charge is 0.459 e. The molecule has 2 aromatic rings. The van der Waals surface area contributed by atoms with E-state index < -0.39 is 23.2 Å². The summed E-state index contributed by atoms with van der Waals surface area (Å²) in [6.45, 7) is 8.85. The fourth-order valence-electron chi connectivity index (χ4n) is 2.08. The molecule has 0 unspecified atom stereocenters. The molecule has 4 nitrogen and oxygen atoms in total. The number of halogens is 2. The van der Waals surface area contributed by atoms with Crippen LogP contribution in [0.3, 0.4) is 0 Å². The normalized spacial score (nSPS) is 11.3. The number of esters is 1. The van der Waals surface area contributed by atoms with Crippen LogP contribution in [0.2, 0.25) is 0 Å². The van der Waals surface area contributed by atoms with Gasteiger partial charge in [-0.05, 0) is 44.0 Å². The van der Waals surface area contributed by atoms with E-state index >= 15 is 0 Å². The number of carbonyl (C=O) groups is 1. The predicted octanol–water partition coefficient (Wildman–Crippen LogP) is 3.81. The predicted molar refractivity (Wildman–Crippen MR) is 83.5 cm³/mol. The van der Waals surface area contributed by atoms with Crippen LogP contribution < -0.4 is 0 Å². The Labute approximate surface area is 133 Å². The average molecular weight is 320 g/mol. The van der Waals surface area contributed by atoms with Gasteiger partial charge in [-0.2, -0.15) is 5.10 Å². The van der Waals surface area contributed by atoms with Gasteiger partial charge in [0.05, 0.1) is 6.20 Å². The quantitative estimate of drug-likeness (QED) is 0.805. The number of carbonyl (C=O) groups excluding carboxylic acids is 1. The van der Waals surface area contributed by atoms with E-state index in [1.165, 1.54) is 17.0 Å². The minimum atomic E-state index is -0.953. The Bertz CT molecular complexity index is 746. The molecule has 0 radical (unpaired) electrons. The lowest BCUT2D eigenvalue weighted by Crippen LogP contribution is -2.26. The van der Waals surface area contributed by atoms with E-state index in [1.54, 1.807) is 27.0 Å². The minimum absolute atomic E-state index is 0.0651. The molecule has 0 spiro atoms. The molecule has 0 fully saturated rings. The van der Waals surface area contributed by atoms with E-state index in [9.17, 15) is 13.6 Å². The molecule has 122 valence electrons. The molecule has 0 saturated carbocycles.